The molecule has 0 bridgehead atoms. The molecule has 1 fully saturated rings. The second-order valence-corrected chi connectivity index (χ2v) is 20.4. The molecule has 3 aromatic carbocycles. The minimum absolute atomic E-state index is 0.00331. The number of β-amino-alcohol motifs (C(OH)–C–C–N with tert-alkyl or cyclic N) is 1. The number of anilines is 1. The van der Waals surface area contributed by atoms with Gasteiger partial charge < -0.3 is 35.1 Å². The lowest BCUT2D eigenvalue weighted by Gasteiger charge is -2.35. The molecule has 3 aromatic heterocycles. The fourth-order valence-corrected chi connectivity index (χ4v) is 9.89. The first-order chi connectivity index (χ1) is 32.8. The monoisotopic (exact) mass is 985 g/mol. The first-order valence-electron chi connectivity index (χ1n) is 22.2. The number of carbonyl (C=O) groups excluding carboxylic acids is 4. The van der Waals surface area contributed by atoms with Crippen LogP contribution in [-0.4, -0.2) is 107 Å². The van der Waals surface area contributed by atoms with Crippen LogP contribution in [0.4, 0.5) is 14.5 Å². The zero-order valence-corrected chi connectivity index (χ0v) is 40.2. The zero-order chi connectivity index (χ0) is 49.6. The Morgan fingerprint density at radius 2 is 1.77 bits per heavy atom. The van der Waals surface area contributed by atoms with Crippen molar-refractivity contribution in [1.29, 1.82) is 0 Å². The highest BCUT2D eigenvalue weighted by atomic mass is 32.2. The number of nitrogens with one attached hydrogen (secondary N) is 4. The Morgan fingerprint density at radius 3 is 2.48 bits per heavy atom. The van der Waals surface area contributed by atoms with E-state index in [1.807, 2.05) is 31.2 Å². The largest absolute Gasteiger partial charge is 0.491 e. The maximum Gasteiger partial charge on any atom is 0.246 e. The number of fused-ring (bicyclic) bond motifs is 1. The molecule has 1 aliphatic rings. The van der Waals surface area contributed by atoms with Gasteiger partial charge in [0.05, 0.1) is 45.8 Å². The highest BCUT2D eigenvalue weighted by Gasteiger charge is 2.44. The van der Waals surface area contributed by atoms with E-state index in [9.17, 15) is 32.7 Å². The van der Waals surface area contributed by atoms with E-state index >= 15 is 8.78 Å². The maximum absolute atomic E-state index is 15.6. The number of rotatable bonds is 19. The van der Waals surface area contributed by atoms with Crippen molar-refractivity contribution in [2.75, 3.05) is 36.8 Å². The van der Waals surface area contributed by atoms with Crippen LogP contribution in [0.1, 0.15) is 67.7 Å². The summed E-state index contributed by atoms with van der Waals surface area (Å²) >= 11 is 1.55. The summed E-state index contributed by atoms with van der Waals surface area (Å²) < 4.78 is 68.8. The predicted molar refractivity (Wildman–Crippen MR) is 257 cm³/mol. The second-order valence-electron chi connectivity index (χ2n) is 17.7. The quantitative estimate of drug-likeness (QED) is 0.0434. The molecule has 0 radical (unpaired) electrons. The Kier molecular flexibility index (Phi) is 15.6. The topological polar surface area (TPSA) is 222 Å². The molecule has 3 amide bonds. The van der Waals surface area contributed by atoms with Gasteiger partial charge >= 0.3 is 0 Å². The van der Waals surface area contributed by atoms with Gasteiger partial charge in [0, 0.05) is 48.4 Å². The van der Waals surface area contributed by atoms with E-state index < -0.39 is 86.6 Å². The molecule has 0 spiro atoms. The number of amides is 3. The third-order valence-electron chi connectivity index (χ3n) is 11.4. The molecule has 1 saturated heterocycles. The van der Waals surface area contributed by atoms with Gasteiger partial charge in [-0.25, -0.2) is 27.2 Å². The van der Waals surface area contributed by atoms with E-state index in [0.29, 0.717) is 16.9 Å². The van der Waals surface area contributed by atoms with Gasteiger partial charge in [-0.15, -0.1) is 11.3 Å². The lowest BCUT2D eigenvalue weighted by molar-refractivity contribution is -0.144. The van der Waals surface area contributed by atoms with Crippen LogP contribution in [0.2, 0.25) is 0 Å². The number of aromatic nitrogens is 3. The molecular formula is C49H53F2N7O9S2. The summed E-state index contributed by atoms with van der Waals surface area (Å²) in [6.07, 6.45) is 2.21. The highest BCUT2D eigenvalue weighted by molar-refractivity contribution is 7.92. The third-order valence-corrected chi connectivity index (χ3v) is 13.9. The average Bonchev–Trinajstić information content (AvgIpc) is 4.05. The first-order valence-corrected chi connectivity index (χ1v) is 24.7. The Balaban J connectivity index is 0.921. The Morgan fingerprint density at radius 1 is 1.00 bits per heavy atom. The van der Waals surface area contributed by atoms with Crippen LogP contribution < -0.4 is 20.1 Å². The molecule has 1 aliphatic heterocycles. The number of benzene rings is 3. The molecule has 0 saturated carbocycles. The average molecular weight is 986 g/mol. The predicted octanol–water partition coefficient (Wildman–Crippen LogP) is 6.53. The van der Waals surface area contributed by atoms with E-state index in [0.717, 1.165) is 33.8 Å². The summed E-state index contributed by atoms with van der Waals surface area (Å²) in [5.74, 6) is -4.87. The number of H-pyrrole nitrogens is 1. The number of hydrogen-bond donors (Lipinski definition) is 5. The second kappa shape index (κ2) is 21.4. The number of nitrogens with zero attached hydrogens (tertiary/aromatic N) is 3. The van der Waals surface area contributed by atoms with Crippen molar-refractivity contribution in [3.05, 3.63) is 119 Å². The number of halogens is 2. The molecule has 69 heavy (non-hydrogen) atoms. The number of aromatic amines is 1. The zero-order valence-electron chi connectivity index (χ0n) is 38.6. The number of carbonyl (C=O) groups is 4. The summed E-state index contributed by atoms with van der Waals surface area (Å²) in [6.45, 7) is 8.73. The Labute approximate surface area is 401 Å². The number of thiazole rings is 1. The van der Waals surface area contributed by atoms with Crippen molar-refractivity contribution in [1.82, 2.24) is 30.5 Å². The molecular weight excluding hydrogens is 933 g/mol. The number of pyridine rings is 1. The van der Waals surface area contributed by atoms with Crippen LogP contribution in [0.15, 0.2) is 84.6 Å². The number of aliphatic hydroxyl groups is 1. The maximum atomic E-state index is 15.6. The number of aliphatic hydroxyl groups excluding tert-OH is 1. The van der Waals surface area contributed by atoms with E-state index in [-0.39, 0.29) is 61.5 Å². The fourth-order valence-electron chi connectivity index (χ4n) is 7.94. The van der Waals surface area contributed by atoms with Gasteiger partial charge in [-0.2, -0.15) is 0 Å². The summed E-state index contributed by atoms with van der Waals surface area (Å²) in [7, 11) is -3.93. The number of ether oxygens (including phenoxy) is 2. The normalized spacial score (nSPS) is 15.5. The minimum atomic E-state index is -3.93. The Hall–Kier alpha value is -6.61. The summed E-state index contributed by atoms with van der Waals surface area (Å²) in [6, 6.07) is 16.1. The van der Waals surface area contributed by atoms with Gasteiger partial charge in [0.15, 0.2) is 5.82 Å². The van der Waals surface area contributed by atoms with Gasteiger partial charge in [0.2, 0.25) is 33.5 Å². The summed E-state index contributed by atoms with van der Waals surface area (Å²) in [5, 5.41) is 16.5. The van der Waals surface area contributed by atoms with Crippen LogP contribution in [0.5, 0.6) is 5.75 Å². The van der Waals surface area contributed by atoms with Crippen molar-refractivity contribution in [3.63, 3.8) is 0 Å². The lowest BCUT2D eigenvalue weighted by Crippen LogP contribution is -2.58. The highest BCUT2D eigenvalue weighted by Crippen LogP contribution is 2.32. The van der Waals surface area contributed by atoms with Crippen LogP contribution in [-0.2, 0) is 35.7 Å². The number of likely N-dealkylation sites (tertiary alicyclic amines) is 1. The third kappa shape index (κ3) is 12.0. The van der Waals surface area contributed by atoms with E-state index in [1.54, 1.807) is 81.1 Å². The fraction of sp³-hybridized carbons (Fsp3) is 0.347. The van der Waals surface area contributed by atoms with Crippen molar-refractivity contribution in [2.24, 2.45) is 5.41 Å². The number of sulfonamides is 1. The van der Waals surface area contributed by atoms with Gasteiger partial charge in [-0.1, -0.05) is 64.1 Å². The smallest absolute Gasteiger partial charge is 0.246 e. The number of hydrogen-bond acceptors (Lipinski definition) is 12. The van der Waals surface area contributed by atoms with E-state index in [2.05, 4.69) is 30.3 Å². The summed E-state index contributed by atoms with van der Waals surface area (Å²) in [4.78, 5) is 68.3. The SMILES string of the molecule is CCCS(=O)(=O)Nc1ccc(F)c(C(=O)c2c[nH]c3ncc(-c4cccc(OCCOCC(=O)N[C@H](C(=O)N5C[C@H](O)C[C@H]5C(=O)NCc5ccc(-c6scnc6C)cc5)C(C)(C)C)c4)cc23)c1F. The lowest BCUT2D eigenvalue weighted by atomic mass is 9.85. The number of ketones is 1. The molecule has 4 heterocycles. The first kappa shape index (κ1) is 50.3. The standard InChI is InChI=1S/C49H53F2N7O9S2/c1-6-18-69(64,65)57-38-15-14-37(50)41(42(38)51)43(61)36-24-53-46-35(36)20-32(23-52-46)31-8-7-9-34(19-31)67-17-16-66-26-40(60)56-45(49(3,4)5)48(63)58-25-33(59)21-39(58)47(62)54-22-29-10-12-30(13-11-29)44-28(2)55-27-68-44/h7-15,19-20,23-24,27,33,39,45,57,59H,6,16-18,21-22,25-26H2,1-5H3,(H,52,53)(H,54,62)(H,56,60)/t33-,39+,45-/m1/s1. The molecule has 6 aromatic rings. The van der Waals surface area contributed by atoms with Crippen LogP contribution in [0, 0.1) is 24.0 Å². The molecule has 3 atom stereocenters. The van der Waals surface area contributed by atoms with Crippen molar-refractivity contribution >= 4 is 61.6 Å². The van der Waals surface area contributed by atoms with Crippen LogP contribution >= 0.6 is 11.3 Å². The molecule has 5 N–H and O–H groups in total. The van der Waals surface area contributed by atoms with Gasteiger partial charge in [0.25, 0.3) is 0 Å². The van der Waals surface area contributed by atoms with Crippen molar-refractivity contribution in [3.8, 4) is 27.3 Å². The minimum Gasteiger partial charge on any atom is -0.491 e. The molecule has 364 valence electrons. The van der Waals surface area contributed by atoms with Gasteiger partial charge in [-0.05, 0) is 65.8 Å². The van der Waals surface area contributed by atoms with Crippen LogP contribution in [0.25, 0.3) is 32.6 Å². The van der Waals surface area contributed by atoms with E-state index in [1.165, 1.54) is 11.1 Å². The Bertz CT molecular complexity index is 2970. The van der Waals surface area contributed by atoms with Crippen molar-refractivity contribution < 1.29 is 51.0 Å². The number of aryl methyl sites for hydroxylation is 1. The van der Waals surface area contributed by atoms with Crippen LogP contribution in [0.3, 0.4) is 0 Å². The molecule has 7 rings (SSSR count). The summed E-state index contributed by atoms with van der Waals surface area (Å²) in [5.41, 5.74) is 3.72. The van der Waals surface area contributed by atoms with Gasteiger partial charge in [0.1, 0.15) is 42.5 Å². The molecule has 16 nitrogen and oxygen atoms in total. The van der Waals surface area contributed by atoms with Crippen molar-refractivity contribution in [2.45, 2.75) is 72.2 Å². The molecule has 20 heteroatoms. The molecule has 0 aliphatic carbocycles. The van der Waals surface area contributed by atoms with Gasteiger partial charge in [-0.3, -0.25) is 23.9 Å². The molecule has 0 unspecified atom stereocenters. The van der Waals surface area contributed by atoms with E-state index in [4.69, 9.17) is 9.47 Å².